The zero-order valence-electron chi connectivity index (χ0n) is 7.01. The summed E-state index contributed by atoms with van der Waals surface area (Å²) >= 11 is 0. The van der Waals surface area contributed by atoms with Gasteiger partial charge in [-0.2, -0.15) is 0 Å². The van der Waals surface area contributed by atoms with Gasteiger partial charge < -0.3 is 15.3 Å². The minimum atomic E-state index is -0.0507. The van der Waals surface area contributed by atoms with Crippen LogP contribution in [0.4, 0.5) is 0 Å². The molecule has 4 heteroatoms. The Bertz CT molecular complexity index is 289. The number of phenols is 2. The molecule has 0 aromatic heterocycles. The van der Waals surface area contributed by atoms with Crippen molar-refractivity contribution in [3.63, 3.8) is 0 Å². The molecule has 3 N–H and O–H groups in total. The molecule has 0 bridgehead atoms. The van der Waals surface area contributed by atoms with E-state index in [2.05, 4.69) is 4.99 Å². The third-order valence-corrected chi connectivity index (χ3v) is 1.51. The van der Waals surface area contributed by atoms with Gasteiger partial charge in [0, 0.05) is 6.21 Å². The Hall–Kier alpha value is -1.55. The molecule has 0 aliphatic heterocycles. The van der Waals surface area contributed by atoms with Crippen molar-refractivity contribution in [2.75, 3.05) is 13.2 Å². The smallest absolute Gasteiger partial charge is 0.128 e. The molecule has 1 aromatic carbocycles. The zero-order chi connectivity index (χ0) is 9.68. The highest BCUT2D eigenvalue weighted by atomic mass is 16.3. The number of rotatable bonds is 3. The minimum Gasteiger partial charge on any atom is -0.507 e. The average molecular weight is 181 g/mol. The van der Waals surface area contributed by atoms with Crippen LogP contribution in [0.1, 0.15) is 5.56 Å². The van der Waals surface area contributed by atoms with Crippen molar-refractivity contribution in [2.45, 2.75) is 0 Å². The van der Waals surface area contributed by atoms with Crippen molar-refractivity contribution < 1.29 is 15.3 Å². The summed E-state index contributed by atoms with van der Waals surface area (Å²) in [6.45, 7) is 0.207. The summed E-state index contributed by atoms with van der Waals surface area (Å²) < 4.78 is 0. The largest absolute Gasteiger partial charge is 0.507 e. The van der Waals surface area contributed by atoms with E-state index in [0.29, 0.717) is 0 Å². The first kappa shape index (κ1) is 9.54. The maximum Gasteiger partial charge on any atom is 0.128 e. The number of aliphatic hydroxyl groups excluding tert-OH is 1. The lowest BCUT2D eigenvalue weighted by molar-refractivity contribution is 0.307. The highest BCUT2D eigenvalue weighted by Crippen LogP contribution is 2.23. The van der Waals surface area contributed by atoms with E-state index in [9.17, 15) is 10.2 Å². The van der Waals surface area contributed by atoms with Crippen LogP contribution in [0.2, 0.25) is 0 Å². The van der Waals surface area contributed by atoms with Crippen LogP contribution >= 0.6 is 0 Å². The van der Waals surface area contributed by atoms with Gasteiger partial charge >= 0.3 is 0 Å². The fourth-order valence-electron chi connectivity index (χ4n) is 0.887. The molecule has 0 radical (unpaired) electrons. The predicted molar refractivity (Wildman–Crippen MR) is 49.3 cm³/mol. The first-order valence-corrected chi connectivity index (χ1v) is 3.87. The van der Waals surface area contributed by atoms with Crippen LogP contribution in [0.25, 0.3) is 0 Å². The molecular formula is C9H11NO3. The summed E-state index contributed by atoms with van der Waals surface area (Å²) in [6.07, 6.45) is 1.33. The zero-order valence-corrected chi connectivity index (χ0v) is 7.01. The van der Waals surface area contributed by atoms with Crippen LogP contribution in [0.5, 0.6) is 11.5 Å². The number of benzene rings is 1. The Morgan fingerprint density at radius 2 is 1.85 bits per heavy atom. The van der Waals surface area contributed by atoms with Gasteiger partial charge in [-0.15, -0.1) is 0 Å². The first-order valence-electron chi connectivity index (χ1n) is 3.87. The molecule has 13 heavy (non-hydrogen) atoms. The summed E-state index contributed by atoms with van der Waals surface area (Å²) in [5, 5.41) is 27.0. The van der Waals surface area contributed by atoms with Crippen molar-refractivity contribution in [3.8, 4) is 11.5 Å². The lowest BCUT2D eigenvalue weighted by Crippen LogP contribution is -1.90. The van der Waals surface area contributed by atoms with E-state index in [1.165, 1.54) is 24.4 Å². The van der Waals surface area contributed by atoms with E-state index in [4.69, 9.17) is 5.11 Å². The van der Waals surface area contributed by atoms with Gasteiger partial charge in [0.1, 0.15) is 11.5 Å². The molecule has 0 fully saturated rings. The van der Waals surface area contributed by atoms with E-state index >= 15 is 0 Å². The SMILES string of the molecule is OCCN=Cc1c(O)cccc1O. The fraction of sp³-hybridized carbons (Fsp3) is 0.222. The molecule has 0 atom stereocenters. The fourth-order valence-corrected chi connectivity index (χ4v) is 0.887. The molecule has 0 spiro atoms. The van der Waals surface area contributed by atoms with Crippen LogP contribution in [0, 0.1) is 0 Å². The summed E-state index contributed by atoms with van der Waals surface area (Å²) in [5.41, 5.74) is 0.274. The van der Waals surface area contributed by atoms with E-state index < -0.39 is 0 Å². The number of hydrogen-bond donors (Lipinski definition) is 3. The molecule has 0 aliphatic carbocycles. The van der Waals surface area contributed by atoms with Gasteiger partial charge in [-0.3, -0.25) is 4.99 Å². The molecule has 0 unspecified atom stereocenters. The van der Waals surface area contributed by atoms with Crippen molar-refractivity contribution in [2.24, 2.45) is 4.99 Å². The first-order chi connectivity index (χ1) is 6.25. The Morgan fingerprint density at radius 1 is 1.23 bits per heavy atom. The van der Waals surface area contributed by atoms with Gasteiger partial charge in [0.25, 0.3) is 0 Å². The Balaban J connectivity index is 2.87. The molecule has 70 valence electrons. The molecule has 0 heterocycles. The van der Waals surface area contributed by atoms with Crippen LogP contribution in [0.3, 0.4) is 0 Å². The lowest BCUT2D eigenvalue weighted by atomic mass is 10.2. The summed E-state index contributed by atoms with van der Waals surface area (Å²) in [5.74, 6) is -0.0524. The highest BCUT2D eigenvalue weighted by Gasteiger charge is 2.02. The normalized spacial score (nSPS) is 10.8. The van der Waals surface area contributed by atoms with Gasteiger partial charge in [-0.1, -0.05) is 6.07 Å². The number of nitrogens with zero attached hydrogens (tertiary/aromatic N) is 1. The third kappa shape index (κ3) is 2.45. The van der Waals surface area contributed by atoms with E-state index in [0.717, 1.165) is 0 Å². The summed E-state index contributed by atoms with van der Waals surface area (Å²) in [7, 11) is 0. The molecule has 0 aliphatic rings. The van der Waals surface area contributed by atoms with Gasteiger partial charge in [0.2, 0.25) is 0 Å². The Labute approximate surface area is 75.8 Å². The predicted octanol–water partition coefficient (Wildman–Crippen LogP) is 0.509. The van der Waals surface area contributed by atoms with E-state index in [1.807, 2.05) is 0 Å². The maximum atomic E-state index is 9.28. The average Bonchev–Trinajstić information content (AvgIpc) is 2.10. The molecule has 4 nitrogen and oxygen atoms in total. The highest BCUT2D eigenvalue weighted by molar-refractivity contribution is 5.86. The Morgan fingerprint density at radius 3 is 2.38 bits per heavy atom. The van der Waals surface area contributed by atoms with Gasteiger partial charge in [0.15, 0.2) is 0 Å². The molecule has 0 saturated carbocycles. The van der Waals surface area contributed by atoms with Gasteiger partial charge in [-0.25, -0.2) is 0 Å². The monoisotopic (exact) mass is 181 g/mol. The van der Waals surface area contributed by atoms with Gasteiger partial charge in [-0.05, 0) is 12.1 Å². The summed E-state index contributed by atoms with van der Waals surface area (Å²) in [4.78, 5) is 3.79. The minimum absolute atomic E-state index is 0.0262. The second-order valence-electron chi connectivity index (χ2n) is 2.47. The van der Waals surface area contributed by atoms with Crippen LogP contribution in [-0.2, 0) is 0 Å². The standard InChI is InChI=1S/C9H11NO3/c11-5-4-10-6-7-8(12)2-1-3-9(7)13/h1-3,6,11-13H,4-5H2. The molecule has 0 saturated heterocycles. The van der Waals surface area contributed by atoms with Crippen molar-refractivity contribution in [1.82, 2.24) is 0 Å². The second-order valence-corrected chi connectivity index (χ2v) is 2.47. The van der Waals surface area contributed by atoms with Crippen LogP contribution < -0.4 is 0 Å². The summed E-state index contributed by atoms with van der Waals surface area (Å²) in [6, 6.07) is 4.45. The number of aromatic hydroxyl groups is 2. The van der Waals surface area contributed by atoms with Crippen molar-refractivity contribution in [1.29, 1.82) is 0 Å². The number of hydrogen-bond acceptors (Lipinski definition) is 4. The van der Waals surface area contributed by atoms with Crippen molar-refractivity contribution >= 4 is 6.21 Å². The van der Waals surface area contributed by atoms with Crippen LogP contribution in [0.15, 0.2) is 23.2 Å². The van der Waals surface area contributed by atoms with Crippen molar-refractivity contribution in [3.05, 3.63) is 23.8 Å². The number of phenolic OH excluding ortho intramolecular Hbond substituents is 2. The number of aliphatic hydroxyl groups is 1. The second kappa shape index (κ2) is 4.47. The quantitative estimate of drug-likeness (QED) is 0.595. The molecule has 1 aromatic rings. The molecular weight excluding hydrogens is 170 g/mol. The van der Waals surface area contributed by atoms with Crippen LogP contribution in [-0.4, -0.2) is 34.7 Å². The molecule has 1 rings (SSSR count). The molecule has 0 amide bonds. The van der Waals surface area contributed by atoms with E-state index in [1.54, 1.807) is 0 Å². The third-order valence-electron chi connectivity index (χ3n) is 1.51. The maximum absolute atomic E-state index is 9.28. The van der Waals surface area contributed by atoms with Gasteiger partial charge in [0.05, 0.1) is 18.7 Å². The van der Waals surface area contributed by atoms with E-state index in [-0.39, 0.29) is 30.2 Å². The Kier molecular flexibility index (Phi) is 3.28. The lowest BCUT2D eigenvalue weighted by Gasteiger charge is -2.00. The number of aliphatic imine (C=N–C) groups is 1. The topological polar surface area (TPSA) is 73.1 Å².